The molecule has 0 saturated heterocycles. The van der Waals surface area contributed by atoms with Crippen molar-refractivity contribution in [3.8, 4) is 0 Å². The highest BCUT2D eigenvalue weighted by atomic mass is 35.5. The first-order valence-electron chi connectivity index (χ1n) is 5.44. The van der Waals surface area contributed by atoms with E-state index in [4.69, 9.17) is 23.8 Å². The van der Waals surface area contributed by atoms with E-state index in [1.165, 1.54) is 0 Å². The van der Waals surface area contributed by atoms with E-state index in [2.05, 4.69) is 10.6 Å². The van der Waals surface area contributed by atoms with Gasteiger partial charge in [0.25, 0.3) is 0 Å². The Balaban J connectivity index is 2.38. The summed E-state index contributed by atoms with van der Waals surface area (Å²) in [6, 6.07) is 7.50. The van der Waals surface area contributed by atoms with Crippen LogP contribution in [-0.2, 0) is 11.2 Å². The smallest absolute Gasteiger partial charge is 0.226 e. The average Bonchev–Trinajstić information content (AvgIpc) is 2.28. The van der Waals surface area contributed by atoms with Crippen LogP contribution in [0.2, 0.25) is 5.02 Å². The van der Waals surface area contributed by atoms with Crippen molar-refractivity contribution < 1.29 is 4.79 Å². The Morgan fingerprint density at radius 2 is 2.12 bits per heavy atom. The number of halogens is 1. The molecule has 92 valence electrons. The second-order valence-corrected chi connectivity index (χ2v) is 4.31. The van der Waals surface area contributed by atoms with Gasteiger partial charge in [-0.05, 0) is 37.2 Å². The largest absolute Gasteiger partial charge is 0.363 e. The summed E-state index contributed by atoms with van der Waals surface area (Å²) in [5, 5.41) is 6.53. The normalized spacial score (nSPS) is 9.76. The first-order chi connectivity index (χ1) is 8.13. The highest BCUT2D eigenvalue weighted by Gasteiger charge is 2.06. The number of carbonyl (C=O) groups is 1. The summed E-state index contributed by atoms with van der Waals surface area (Å²) in [4.78, 5) is 11.5. The topological polar surface area (TPSA) is 41.1 Å². The summed E-state index contributed by atoms with van der Waals surface area (Å²) in [5.74, 6) is -0.101. The van der Waals surface area contributed by atoms with Crippen LogP contribution in [-0.4, -0.2) is 17.6 Å². The summed E-state index contributed by atoms with van der Waals surface area (Å²) in [6.07, 6.45) is 0.982. The lowest BCUT2D eigenvalue weighted by atomic mass is 10.1. The van der Waals surface area contributed by atoms with Crippen molar-refractivity contribution in [2.24, 2.45) is 0 Å². The third-order valence-electron chi connectivity index (χ3n) is 2.17. The summed E-state index contributed by atoms with van der Waals surface area (Å²) >= 11 is 10.9. The van der Waals surface area contributed by atoms with E-state index in [1.54, 1.807) is 0 Å². The summed E-state index contributed by atoms with van der Waals surface area (Å²) in [5.41, 5.74) is 0.971. The van der Waals surface area contributed by atoms with Gasteiger partial charge in [0.05, 0.1) is 0 Å². The predicted molar refractivity (Wildman–Crippen MR) is 74.2 cm³/mol. The lowest BCUT2D eigenvalue weighted by Crippen LogP contribution is -2.39. The van der Waals surface area contributed by atoms with Crippen molar-refractivity contribution >= 4 is 34.8 Å². The molecule has 1 rings (SSSR count). The minimum absolute atomic E-state index is 0.101. The van der Waals surface area contributed by atoms with Gasteiger partial charge in [0.1, 0.15) is 0 Å². The van der Waals surface area contributed by atoms with Crippen molar-refractivity contribution in [3.05, 3.63) is 34.9 Å². The number of amides is 1. The first kappa shape index (κ1) is 13.9. The molecule has 17 heavy (non-hydrogen) atoms. The number of rotatable bonds is 4. The molecular formula is C12H15ClN2OS. The van der Waals surface area contributed by atoms with Crippen LogP contribution in [0.4, 0.5) is 0 Å². The minimum Gasteiger partial charge on any atom is -0.363 e. The Hall–Kier alpha value is -1.13. The van der Waals surface area contributed by atoms with E-state index in [0.717, 1.165) is 5.56 Å². The zero-order valence-electron chi connectivity index (χ0n) is 9.63. The van der Waals surface area contributed by atoms with Gasteiger partial charge in [0, 0.05) is 18.0 Å². The lowest BCUT2D eigenvalue weighted by molar-refractivity contribution is -0.119. The highest BCUT2D eigenvalue weighted by molar-refractivity contribution is 7.80. The lowest BCUT2D eigenvalue weighted by Gasteiger charge is -2.07. The van der Waals surface area contributed by atoms with Crippen LogP contribution in [0.1, 0.15) is 18.9 Å². The molecule has 1 aromatic rings. The number of hydrogen-bond donors (Lipinski definition) is 2. The van der Waals surface area contributed by atoms with Crippen LogP contribution in [0.3, 0.4) is 0 Å². The summed E-state index contributed by atoms with van der Waals surface area (Å²) in [7, 11) is 0. The van der Waals surface area contributed by atoms with E-state index in [0.29, 0.717) is 29.5 Å². The molecule has 0 radical (unpaired) electrons. The molecular weight excluding hydrogens is 256 g/mol. The SMILES string of the molecule is CCNC(=S)NC(=O)CCc1ccccc1Cl. The van der Waals surface area contributed by atoms with Crippen molar-refractivity contribution in [3.63, 3.8) is 0 Å². The molecule has 1 aromatic carbocycles. The molecule has 0 saturated carbocycles. The van der Waals surface area contributed by atoms with Gasteiger partial charge in [0.15, 0.2) is 5.11 Å². The van der Waals surface area contributed by atoms with Crippen LogP contribution in [0.25, 0.3) is 0 Å². The molecule has 0 spiro atoms. The molecule has 2 N–H and O–H groups in total. The molecule has 0 aromatic heterocycles. The second-order valence-electron chi connectivity index (χ2n) is 3.50. The Morgan fingerprint density at radius 3 is 2.76 bits per heavy atom. The number of hydrogen-bond acceptors (Lipinski definition) is 2. The Kier molecular flexibility index (Phi) is 5.94. The minimum atomic E-state index is -0.101. The fourth-order valence-electron chi connectivity index (χ4n) is 1.34. The predicted octanol–water partition coefficient (Wildman–Crippen LogP) is 2.28. The van der Waals surface area contributed by atoms with E-state index < -0.39 is 0 Å². The molecule has 0 bridgehead atoms. The number of nitrogens with one attached hydrogen (secondary N) is 2. The number of carbonyl (C=O) groups excluding carboxylic acids is 1. The molecule has 0 atom stereocenters. The fraction of sp³-hybridized carbons (Fsp3) is 0.333. The fourth-order valence-corrected chi connectivity index (χ4v) is 1.83. The van der Waals surface area contributed by atoms with Crippen LogP contribution in [0.5, 0.6) is 0 Å². The van der Waals surface area contributed by atoms with Crippen LogP contribution >= 0.6 is 23.8 Å². The van der Waals surface area contributed by atoms with Gasteiger partial charge < -0.3 is 10.6 Å². The highest BCUT2D eigenvalue weighted by Crippen LogP contribution is 2.16. The zero-order valence-corrected chi connectivity index (χ0v) is 11.2. The Labute approximate surface area is 112 Å². The van der Waals surface area contributed by atoms with Gasteiger partial charge in [-0.3, -0.25) is 4.79 Å². The van der Waals surface area contributed by atoms with Gasteiger partial charge in [-0.15, -0.1) is 0 Å². The van der Waals surface area contributed by atoms with Crippen molar-refractivity contribution in [1.82, 2.24) is 10.6 Å². The third kappa shape index (κ3) is 5.15. The van der Waals surface area contributed by atoms with Gasteiger partial charge in [-0.1, -0.05) is 29.8 Å². The molecule has 0 unspecified atom stereocenters. The summed E-state index contributed by atoms with van der Waals surface area (Å²) < 4.78 is 0. The number of aryl methyl sites for hydroxylation is 1. The van der Waals surface area contributed by atoms with Crippen molar-refractivity contribution in [1.29, 1.82) is 0 Å². The van der Waals surface area contributed by atoms with E-state index in [1.807, 2.05) is 31.2 Å². The maximum absolute atomic E-state index is 11.5. The van der Waals surface area contributed by atoms with Gasteiger partial charge in [0.2, 0.25) is 5.91 Å². The van der Waals surface area contributed by atoms with Crippen LogP contribution in [0.15, 0.2) is 24.3 Å². The molecule has 0 aliphatic rings. The van der Waals surface area contributed by atoms with E-state index >= 15 is 0 Å². The monoisotopic (exact) mass is 270 g/mol. The van der Waals surface area contributed by atoms with Crippen LogP contribution in [0, 0.1) is 0 Å². The maximum atomic E-state index is 11.5. The van der Waals surface area contributed by atoms with Crippen molar-refractivity contribution in [2.75, 3.05) is 6.54 Å². The average molecular weight is 271 g/mol. The zero-order chi connectivity index (χ0) is 12.7. The maximum Gasteiger partial charge on any atom is 0.226 e. The van der Waals surface area contributed by atoms with Gasteiger partial charge in [-0.25, -0.2) is 0 Å². The second kappa shape index (κ2) is 7.25. The summed E-state index contributed by atoms with van der Waals surface area (Å²) in [6.45, 7) is 2.62. The van der Waals surface area contributed by atoms with Gasteiger partial charge >= 0.3 is 0 Å². The molecule has 1 amide bonds. The number of thiocarbonyl (C=S) groups is 1. The van der Waals surface area contributed by atoms with E-state index in [-0.39, 0.29) is 5.91 Å². The molecule has 0 aliphatic carbocycles. The molecule has 0 fully saturated rings. The van der Waals surface area contributed by atoms with Crippen LogP contribution < -0.4 is 10.6 Å². The molecule has 3 nitrogen and oxygen atoms in total. The Bertz CT molecular complexity index is 409. The Morgan fingerprint density at radius 1 is 1.41 bits per heavy atom. The molecule has 0 heterocycles. The quantitative estimate of drug-likeness (QED) is 0.825. The molecule has 0 aliphatic heterocycles. The standard InChI is InChI=1S/C12H15ClN2OS/c1-2-14-12(17)15-11(16)8-7-9-5-3-4-6-10(9)13/h3-6H,2,7-8H2,1H3,(H2,14,15,16,17). The molecule has 5 heteroatoms. The third-order valence-corrected chi connectivity index (χ3v) is 2.78. The number of benzene rings is 1. The van der Waals surface area contributed by atoms with Gasteiger partial charge in [-0.2, -0.15) is 0 Å². The van der Waals surface area contributed by atoms with Crippen molar-refractivity contribution in [2.45, 2.75) is 19.8 Å². The van der Waals surface area contributed by atoms with E-state index in [9.17, 15) is 4.79 Å². The first-order valence-corrected chi connectivity index (χ1v) is 6.23.